The molecule has 4 rings (SSSR count). The van der Waals surface area contributed by atoms with Gasteiger partial charge >= 0.3 is 0 Å². The van der Waals surface area contributed by atoms with Crippen LogP contribution in [0.1, 0.15) is 0 Å². The number of hydrogen-bond acceptors (Lipinski definition) is 5. The Hall–Kier alpha value is -2.64. The van der Waals surface area contributed by atoms with Gasteiger partial charge in [-0.15, -0.1) is 0 Å². The van der Waals surface area contributed by atoms with Crippen LogP contribution in [-0.4, -0.2) is 29.9 Å². The molecule has 6 nitrogen and oxygen atoms in total. The van der Waals surface area contributed by atoms with Gasteiger partial charge in [-0.1, -0.05) is 11.6 Å². The van der Waals surface area contributed by atoms with Crippen LogP contribution in [-0.2, 0) is 9.84 Å². The summed E-state index contributed by atoms with van der Waals surface area (Å²) in [4.78, 5) is 4.53. The SMILES string of the molecule is CS(=O)(=O)c1ccc2nccc(Nc3n[nH]c4ccc(Cl)cc34)c2c1. The number of aromatic amines is 1. The van der Waals surface area contributed by atoms with Gasteiger partial charge in [-0.3, -0.25) is 10.1 Å². The predicted molar refractivity (Wildman–Crippen MR) is 99.2 cm³/mol. The Balaban J connectivity index is 1.87. The first-order chi connectivity index (χ1) is 11.9. The van der Waals surface area contributed by atoms with Gasteiger partial charge in [0.25, 0.3) is 0 Å². The minimum absolute atomic E-state index is 0.242. The molecular weight excluding hydrogens is 360 g/mol. The molecule has 0 bridgehead atoms. The highest BCUT2D eigenvalue weighted by Crippen LogP contribution is 2.30. The van der Waals surface area contributed by atoms with E-state index in [1.165, 1.54) is 6.26 Å². The zero-order valence-corrected chi connectivity index (χ0v) is 14.7. The van der Waals surface area contributed by atoms with Crippen LogP contribution in [0.2, 0.25) is 5.02 Å². The minimum Gasteiger partial charge on any atom is -0.338 e. The molecule has 25 heavy (non-hydrogen) atoms. The van der Waals surface area contributed by atoms with Crippen molar-refractivity contribution in [1.82, 2.24) is 15.2 Å². The van der Waals surface area contributed by atoms with Crippen molar-refractivity contribution in [3.63, 3.8) is 0 Å². The molecule has 0 saturated carbocycles. The van der Waals surface area contributed by atoms with E-state index in [1.807, 2.05) is 12.1 Å². The van der Waals surface area contributed by atoms with Crippen molar-refractivity contribution in [2.24, 2.45) is 0 Å². The molecule has 126 valence electrons. The number of nitrogens with one attached hydrogen (secondary N) is 2. The number of H-pyrrole nitrogens is 1. The molecular formula is C17H13ClN4O2S. The molecule has 0 fully saturated rings. The summed E-state index contributed by atoms with van der Waals surface area (Å²) in [6.45, 7) is 0. The van der Waals surface area contributed by atoms with Gasteiger partial charge in [0.05, 0.1) is 21.6 Å². The van der Waals surface area contributed by atoms with E-state index in [0.717, 1.165) is 10.9 Å². The average Bonchev–Trinajstić information content (AvgIpc) is 2.96. The van der Waals surface area contributed by atoms with Crippen molar-refractivity contribution in [3.8, 4) is 0 Å². The quantitative estimate of drug-likeness (QED) is 0.569. The van der Waals surface area contributed by atoms with E-state index in [4.69, 9.17) is 11.6 Å². The lowest BCUT2D eigenvalue weighted by molar-refractivity contribution is 0.602. The fourth-order valence-corrected chi connectivity index (χ4v) is 3.49. The van der Waals surface area contributed by atoms with E-state index in [0.29, 0.717) is 27.4 Å². The highest BCUT2D eigenvalue weighted by atomic mass is 35.5. The summed E-state index contributed by atoms with van der Waals surface area (Å²) in [6, 6.07) is 12.1. The van der Waals surface area contributed by atoms with Crippen LogP contribution in [0.4, 0.5) is 11.5 Å². The molecule has 2 aromatic carbocycles. The highest BCUT2D eigenvalue weighted by Gasteiger charge is 2.12. The number of pyridine rings is 1. The van der Waals surface area contributed by atoms with E-state index in [9.17, 15) is 8.42 Å². The number of benzene rings is 2. The van der Waals surface area contributed by atoms with E-state index in [2.05, 4.69) is 20.5 Å². The van der Waals surface area contributed by atoms with Gasteiger partial charge in [-0.25, -0.2) is 8.42 Å². The zero-order valence-electron chi connectivity index (χ0n) is 13.1. The Morgan fingerprint density at radius 1 is 1.08 bits per heavy atom. The standard InChI is InChI=1S/C17H13ClN4O2S/c1-25(23,24)11-3-5-14-12(9-11)15(6-7-19-14)20-17-13-8-10(18)2-4-16(13)21-22-17/h2-9H,1H3,(H2,19,20,21,22). The second-order valence-electron chi connectivity index (χ2n) is 5.70. The van der Waals surface area contributed by atoms with Gasteiger partial charge in [0.15, 0.2) is 15.7 Å². The number of anilines is 2. The summed E-state index contributed by atoms with van der Waals surface area (Å²) in [5.41, 5.74) is 2.25. The van der Waals surface area contributed by atoms with Gasteiger partial charge in [-0.05, 0) is 42.5 Å². The third-order valence-electron chi connectivity index (χ3n) is 3.92. The zero-order chi connectivity index (χ0) is 17.6. The molecule has 0 unspecified atom stereocenters. The molecule has 0 aliphatic heterocycles. The fraction of sp³-hybridized carbons (Fsp3) is 0.0588. The Bertz CT molecular complexity index is 1220. The summed E-state index contributed by atoms with van der Waals surface area (Å²) in [5, 5.41) is 12.6. The van der Waals surface area contributed by atoms with Crippen molar-refractivity contribution in [2.45, 2.75) is 4.90 Å². The van der Waals surface area contributed by atoms with Crippen LogP contribution in [0.25, 0.3) is 21.8 Å². The normalized spacial score (nSPS) is 11.9. The summed E-state index contributed by atoms with van der Waals surface area (Å²) >= 11 is 6.07. The van der Waals surface area contributed by atoms with Gasteiger partial charge in [-0.2, -0.15) is 5.10 Å². The molecule has 8 heteroatoms. The van der Waals surface area contributed by atoms with Gasteiger partial charge in [0.2, 0.25) is 0 Å². The van der Waals surface area contributed by atoms with Gasteiger partial charge in [0.1, 0.15) is 0 Å². The molecule has 0 radical (unpaired) electrons. The third kappa shape index (κ3) is 2.92. The molecule has 0 saturated heterocycles. The summed E-state index contributed by atoms with van der Waals surface area (Å²) < 4.78 is 23.7. The number of hydrogen-bond donors (Lipinski definition) is 2. The summed E-state index contributed by atoms with van der Waals surface area (Å²) in [7, 11) is -3.31. The molecule has 0 atom stereocenters. The molecule has 2 heterocycles. The maximum absolute atomic E-state index is 11.8. The Labute approximate surface area is 148 Å². The van der Waals surface area contributed by atoms with E-state index in [-0.39, 0.29) is 4.90 Å². The topological polar surface area (TPSA) is 87.7 Å². The van der Waals surface area contributed by atoms with E-state index >= 15 is 0 Å². The number of nitrogens with zero attached hydrogens (tertiary/aromatic N) is 2. The van der Waals surface area contributed by atoms with Crippen LogP contribution in [0.5, 0.6) is 0 Å². The lowest BCUT2D eigenvalue weighted by atomic mass is 10.2. The van der Waals surface area contributed by atoms with Crippen molar-refractivity contribution in [1.29, 1.82) is 0 Å². The van der Waals surface area contributed by atoms with Crippen LogP contribution in [0.15, 0.2) is 53.6 Å². The van der Waals surface area contributed by atoms with Crippen LogP contribution >= 0.6 is 11.6 Å². The average molecular weight is 373 g/mol. The predicted octanol–water partition coefficient (Wildman–Crippen LogP) is 3.91. The number of sulfone groups is 1. The largest absolute Gasteiger partial charge is 0.338 e. The number of rotatable bonds is 3. The van der Waals surface area contributed by atoms with E-state index in [1.54, 1.807) is 36.5 Å². The second-order valence-corrected chi connectivity index (χ2v) is 8.15. The van der Waals surface area contributed by atoms with Crippen LogP contribution in [0, 0.1) is 0 Å². The highest BCUT2D eigenvalue weighted by molar-refractivity contribution is 7.90. The Morgan fingerprint density at radius 3 is 2.72 bits per heavy atom. The molecule has 0 amide bonds. The maximum Gasteiger partial charge on any atom is 0.175 e. The number of halogens is 1. The lowest BCUT2D eigenvalue weighted by Gasteiger charge is -2.09. The van der Waals surface area contributed by atoms with Crippen molar-refractivity contribution in [3.05, 3.63) is 53.7 Å². The Morgan fingerprint density at radius 2 is 1.92 bits per heavy atom. The minimum atomic E-state index is -3.31. The first-order valence-corrected chi connectivity index (χ1v) is 9.68. The monoisotopic (exact) mass is 372 g/mol. The molecule has 2 aromatic heterocycles. The third-order valence-corrected chi connectivity index (χ3v) is 5.26. The maximum atomic E-state index is 11.8. The van der Waals surface area contributed by atoms with Gasteiger partial charge in [0, 0.05) is 28.2 Å². The van der Waals surface area contributed by atoms with Crippen LogP contribution in [0.3, 0.4) is 0 Å². The smallest absolute Gasteiger partial charge is 0.175 e. The Kier molecular flexibility index (Phi) is 3.63. The second kappa shape index (κ2) is 5.72. The van der Waals surface area contributed by atoms with E-state index < -0.39 is 9.84 Å². The lowest BCUT2D eigenvalue weighted by Crippen LogP contribution is -1.98. The van der Waals surface area contributed by atoms with Crippen LogP contribution < -0.4 is 5.32 Å². The van der Waals surface area contributed by atoms with Crippen molar-refractivity contribution < 1.29 is 8.42 Å². The van der Waals surface area contributed by atoms with Crippen molar-refractivity contribution >= 4 is 54.7 Å². The summed E-state index contributed by atoms with van der Waals surface area (Å²) in [6.07, 6.45) is 2.84. The first kappa shape index (κ1) is 15.9. The molecule has 0 aliphatic carbocycles. The molecule has 0 aliphatic rings. The molecule has 2 N–H and O–H groups in total. The van der Waals surface area contributed by atoms with Crippen molar-refractivity contribution in [2.75, 3.05) is 11.6 Å². The molecule has 0 spiro atoms. The van der Waals surface area contributed by atoms with Gasteiger partial charge < -0.3 is 5.32 Å². The number of aromatic nitrogens is 3. The fourth-order valence-electron chi connectivity index (χ4n) is 2.67. The number of fused-ring (bicyclic) bond motifs is 2. The molecule has 4 aromatic rings. The summed E-state index contributed by atoms with van der Waals surface area (Å²) in [5.74, 6) is 0.606. The first-order valence-electron chi connectivity index (χ1n) is 7.41.